The molecule has 0 aliphatic carbocycles. The number of esters is 1. The van der Waals surface area contributed by atoms with Crippen LogP contribution < -0.4 is 0 Å². The number of thioether (sulfide) groups is 1. The number of carboxylic acid groups (broad SMARTS) is 1. The summed E-state index contributed by atoms with van der Waals surface area (Å²) in [5.41, 5.74) is 0.748. The number of hydrogen-bond donors (Lipinski definition) is 1. The molecule has 0 amide bonds. The summed E-state index contributed by atoms with van der Waals surface area (Å²) < 4.78 is 5.06. The standard InChI is InChI=1S/C14H18O4S/c1-3-8-18-14(17)10(2)19-12-6-4-11(5-7-12)9-13(15)16/h4-7,10H,3,8-9H2,1-2H3,(H,15,16). The first-order chi connectivity index (χ1) is 9.02. The van der Waals surface area contributed by atoms with Gasteiger partial charge in [0.1, 0.15) is 5.25 Å². The van der Waals surface area contributed by atoms with Gasteiger partial charge in [0.05, 0.1) is 13.0 Å². The molecule has 4 nitrogen and oxygen atoms in total. The summed E-state index contributed by atoms with van der Waals surface area (Å²) in [6.45, 7) is 4.20. The summed E-state index contributed by atoms with van der Waals surface area (Å²) in [5.74, 6) is -1.07. The zero-order chi connectivity index (χ0) is 14.3. The maximum atomic E-state index is 11.6. The van der Waals surface area contributed by atoms with Gasteiger partial charge < -0.3 is 9.84 Å². The molecule has 0 spiro atoms. The van der Waals surface area contributed by atoms with Gasteiger partial charge in [0.2, 0.25) is 0 Å². The van der Waals surface area contributed by atoms with E-state index < -0.39 is 5.97 Å². The van der Waals surface area contributed by atoms with E-state index in [1.54, 1.807) is 19.1 Å². The Balaban J connectivity index is 2.52. The summed E-state index contributed by atoms with van der Waals surface area (Å²) in [7, 11) is 0. The van der Waals surface area contributed by atoms with Crippen molar-refractivity contribution >= 4 is 23.7 Å². The lowest BCUT2D eigenvalue weighted by atomic mass is 10.2. The van der Waals surface area contributed by atoms with Crippen molar-refractivity contribution in [2.24, 2.45) is 0 Å². The van der Waals surface area contributed by atoms with Gasteiger partial charge in [-0.25, -0.2) is 0 Å². The van der Waals surface area contributed by atoms with Crippen molar-refractivity contribution in [3.05, 3.63) is 29.8 Å². The van der Waals surface area contributed by atoms with Crippen molar-refractivity contribution in [3.8, 4) is 0 Å². The monoisotopic (exact) mass is 282 g/mol. The highest BCUT2D eigenvalue weighted by Crippen LogP contribution is 2.24. The first kappa shape index (κ1) is 15.6. The zero-order valence-corrected chi connectivity index (χ0v) is 11.9. The fraction of sp³-hybridized carbons (Fsp3) is 0.429. The number of carboxylic acids is 1. The van der Waals surface area contributed by atoms with Crippen LogP contribution in [0.4, 0.5) is 0 Å². The van der Waals surface area contributed by atoms with Gasteiger partial charge >= 0.3 is 11.9 Å². The minimum atomic E-state index is -0.850. The molecule has 0 bridgehead atoms. The number of carbonyl (C=O) groups excluding carboxylic acids is 1. The van der Waals surface area contributed by atoms with Crippen molar-refractivity contribution in [3.63, 3.8) is 0 Å². The van der Waals surface area contributed by atoms with Gasteiger partial charge in [-0.15, -0.1) is 11.8 Å². The summed E-state index contributed by atoms with van der Waals surface area (Å²) >= 11 is 1.41. The molecule has 0 saturated carbocycles. The molecular formula is C14H18O4S. The van der Waals surface area contributed by atoms with E-state index in [0.29, 0.717) is 6.61 Å². The summed E-state index contributed by atoms with van der Waals surface area (Å²) in [5, 5.41) is 8.40. The van der Waals surface area contributed by atoms with Crippen molar-refractivity contribution in [2.45, 2.75) is 36.8 Å². The van der Waals surface area contributed by atoms with E-state index in [9.17, 15) is 9.59 Å². The third-order valence-corrected chi connectivity index (χ3v) is 3.46. The quantitative estimate of drug-likeness (QED) is 0.615. The number of hydrogen-bond acceptors (Lipinski definition) is 4. The lowest BCUT2D eigenvalue weighted by molar-refractivity contribution is -0.142. The molecule has 0 saturated heterocycles. The predicted octanol–water partition coefficient (Wildman–Crippen LogP) is 2.75. The van der Waals surface area contributed by atoms with Gasteiger partial charge in [0.25, 0.3) is 0 Å². The predicted molar refractivity (Wildman–Crippen MR) is 74.4 cm³/mol. The van der Waals surface area contributed by atoms with E-state index >= 15 is 0 Å². The average Bonchev–Trinajstić information content (AvgIpc) is 2.37. The third kappa shape index (κ3) is 5.79. The van der Waals surface area contributed by atoms with Crippen LogP contribution in [0.25, 0.3) is 0 Å². The van der Waals surface area contributed by atoms with Crippen LogP contribution in [0.5, 0.6) is 0 Å². The SMILES string of the molecule is CCCOC(=O)C(C)Sc1ccc(CC(=O)O)cc1. The Kier molecular flexibility index (Phi) is 6.42. The molecule has 1 aromatic carbocycles. The topological polar surface area (TPSA) is 63.6 Å². The molecule has 1 N–H and O–H groups in total. The maximum Gasteiger partial charge on any atom is 0.319 e. The normalized spacial score (nSPS) is 11.9. The molecule has 19 heavy (non-hydrogen) atoms. The van der Waals surface area contributed by atoms with E-state index in [1.165, 1.54) is 11.8 Å². The largest absolute Gasteiger partial charge is 0.481 e. The first-order valence-electron chi connectivity index (χ1n) is 6.17. The molecule has 1 unspecified atom stereocenters. The second-order valence-corrected chi connectivity index (χ2v) is 5.56. The van der Waals surface area contributed by atoms with Crippen LogP contribution in [0, 0.1) is 0 Å². The van der Waals surface area contributed by atoms with E-state index in [4.69, 9.17) is 9.84 Å². The fourth-order valence-corrected chi connectivity index (χ4v) is 2.30. The molecule has 0 aliphatic rings. The Morgan fingerprint density at radius 3 is 2.47 bits per heavy atom. The second kappa shape index (κ2) is 7.84. The van der Waals surface area contributed by atoms with Gasteiger partial charge in [-0.3, -0.25) is 9.59 Å². The van der Waals surface area contributed by atoms with Crippen LogP contribution in [0.15, 0.2) is 29.2 Å². The van der Waals surface area contributed by atoms with Crippen LogP contribution in [-0.2, 0) is 20.7 Å². The third-order valence-electron chi connectivity index (χ3n) is 2.37. The molecule has 0 aliphatic heterocycles. The Labute approximate surface area is 117 Å². The van der Waals surface area contributed by atoms with Gasteiger partial charge in [0.15, 0.2) is 0 Å². The highest BCUT2D eigenvalue weighted by atomic mass is 32.2. The average molecular weight is 282 g/mol. The molecular weight excluding hydrogens is 264 g/mol. The van der Waals surface area contributed by atoms with E-state index in [1.807, 2.05) is 19.1 Å². The molecule has 1 aromatic rings. The van der Waals surface area contributed by atoms with Crippen molar-refractivity contribution in [1.29, 1.82) is 0 Å². The summed E-state index contributed by atoms with van der Waals surface area (Å²) in [6.07, 6.45) is 0.825. The van der Waals surface area contributed by atoms with Crippen molar-refractivity contribution in [1.82, 2.24) is 0 Å². The Bertz CT molecular complexity index is 428. The maximum absolute atomic E-state index is 11.6. The Hall–Kier alpha value is -1.49. The molecule has 104 valence electrons. The van der Waals surface area contributed by atoms with Gasteiger partial charge in [-0.1, -0.05) is 19.1 Å². The highest BCUT2D eigenvalue weighted by molar-refractivity contribution is 8.00. The zero-order valence-electron chi connectivity index (χ0n) is 11.1. The van der Waals surface area contributed by atoms with E-state index in [0.717, 1.165) is 16.9 Å². The Morgan fingerprint density at radius 2 is 1.95 bits per heavy atom. The second-order valence-electron chi connectivity index (χ2n) is 4.14. The lowest BCUT2D eigenvalue weighted by Crippen LogP contribution is -2.17. The molecule has 5 heteroatoms. The van der Waals surface area contributed by atoms with Crippen molar-refractivity contribution < 1.29 is 19.4 Å². The van der Waals surface area contributed by atoms with Gasteiger partial charge in [-0.05, 0) is 31.0 Å². The van der Waals surface area contributed by atoms with Crippen LogP contribution in [0.2, 0.25) is 0 Å². The highest BCUT2D eigenvalue weighted by Gasteiger charge is 2.15. The van der Waals surface area contributed by atoms with Crippen LogP contribution in [0.1, 0.15) is 25.8 Å². The van der Waals surface area contributed by atoms with E-state index in [2.05, 4.69) is 0 Å². The molecule has 0 heterocycles. The van der Waals surface area contributed by atoms with Crippen LogP contribution in [0.3, 0.4) is 0 Å². The van der Waals surface area contributed by atoms with Gasteiger partial charge in [-0.2, -0.15) is 0 Å². The van der Waals surface area contributed by atoms with Gasteiger partial charge in [0, 0.05) is 4.90 Å². The first-order valence-corrected chi connectivity index (χ1v) is 7.05. The molecule has 0 fully saturated rings. The number of rotatable bonds is 7. The molecule has 0 aromatic heterocycles. The number of benzene rings is 1. The van der Waals surface area contributed by atoms with E-state index in [-0.39, 0.29) is 17.6 Å². The minimum Gasteiger partial charge on any atom is -0.481 e. The lowest BCUT2D eigenvalue weighted by Gasteiger charge is -2.10. The number of carbonyl (C=O) groups is 2. The molecule has 1 rings (SSSR count). The number of ether oxygens (including phenoxy) is 1. The smallest absolute Gasteiger partial charge is 0.319 e. The molecule has 1 atom stereocenters. The fourth-order valence-electron chi connectivity index (χ4n) is 1.43. The Morgan fingerprint density at radius 1 is 1.32 bits per heavy atom. The number of aliphatic carboxylic acids is 1. The summed E-state index contributed by atoms with van der Waals surface area (Å²) in [4.78, 5) is 23.1. The van der Waals surface area contributed by atoms with Crippen LogP contribution in [-0.4, -0.2) is 28.9 Å². The minimum absolute atomic E-state index is 0.0129. The van der Waals surface area contributed by atoms with Crippen LogP contribution >= 0.6 is 11.8 Å². The van der Waals surface area contributed by atoms with Crippen molar-refractivity contribution in [2.75, 3.05) is 6.61 Å². The summed E-state index contributed by atoms with van der Waals surface area (Å²) in [6, 6.07) is 7.18. The molecule has 0 radical (unpaired) electrons.